The lowest BCUT2D eigenvalue weighted by Gasteiger charge is -1.87. The molecule has 0 saturated carbocycles. The van der Waals surface area contributed by atoms with E-state index in [1.54, 1.807) is 0 Å². The van der Waals surface area contributed by atoms with E-state index < -0.39 is 11.3 Å². The second-order valence-corrected chi connectivity index (χ2v) is 2.40. The molecule has 3 nitrogen and oxygen atoms in total. The van der Waals surface area contributed by atoms with Gasteiger partial charge in [-0.2, -0.15) is 4.40 Å². The van der Waals surface area contributed by atoms with Crippen LogP contribution in [0.15, 0.2) is 4.40 Å². The Kier molecular flexibility index (Phi) is 3.64. The third-order valence-electron chi connectivity index (χ3n) is 0.449. The van der Waals surface area contributed by atoms with Crippen LogP contribution < -0.4 is 0 Å². The Labute approximate surface area is 51.2 Å². The first-order valence-electron chi connectivity index (χ1n) is 2.28. The van der Waals surface area contributed by atoms with Gasteiger partial charge in [-0.3, -0.25) is 4.55 Å². The van der Waals surface area contributed by atoms with E-state index in [0.29, 0.717) is 0 Å². The van der Waals surface area contributed by atoms with Crippen LogP contribution in [0.25, 0.3) is 0 Å². The van der Waals surface area contributed by atoms with Crippen molar-refractivity contribution in [1.29, 1.82) is 0 Å². The minimum Gasteiger partial charge on any atom is -0.288 e. The molecule has 0 fully saturated rings. The molecule has 1 N–H and O–H groups in total. The van der Waals surface area contributed by atoms with Crippen LogP contribution in [-0.4, -0.2) is 15.0 Å². The van der Waals surface area contributed by atoms with Gasteiger partial charge in [-0.1, -0.05) is 13.8 Å². The monoisotopic (exact) mass is 135 g/mol. The molecule has 0 spiro atoms. The molecule has 0 heterocycles. The third kappa shape index (κ3) is 5.78. The Hall–Kier alpha value is -0.220. The maximum atomic E-state index is 9.82. The standard InChI is InChI=1S/C4H9NO2S/c1-4(2)3-5-8(6)7/h3-4H,1-2H3,(H,6,7). The fourth-order valence-corrected chi connectivity index (χ4v) is 0.521. The Morgan fingerprint density at radius 2 is 2.25 bits per heavy atom. The van der Waals surface area contributed by atoms with Crippen LogP contribution >= 0.6 is 0 Å². The lowest BCUT2D eigenvalue weighted by Crippen LogP contribution is -1.89. The Balaban J connectivity index is 3.50. The number of nitrogens with zero attached hydrogens (tertiary/aromatic N) is 1. The number of hydrogen-bond acceptors (Lipinski definition) is 1. The van der Waals surface area contributed by atoms with Crippen LogP contribution in [0, 0.1) is 5.92 Å². The highest BCUT2D eigenvalue weighted by Gasteiger charge is 1.85. The van der Waals surface area contributed by atoms with Gasteiger partial charge in [-0.05, 0) is 5.92 Å². The van der Waals surface area contributed by atoms with E-state index >= 15 is 0 Å². The molecule has 0 rings (SSSR count). The summed E-state index contributed by atoms with van der Waals surface area (Å²) in [5.41, 5.74) is 0. The van der Waals surface area contributed by atoms with E-state index in [9.17, 15) is 4.21 Å². The molecule has 0 aliphatic carbocycles. The molecule has 0 amide bonds. The fraction of sp³-hybridized carbons (Fsp3) is 0.750. The summed E-state index contributed by atoms with van der Waals surface area (Å²) in [6, 6.07) is 0. The minimum absolute atomic E-state index is 0.242. The zero-order valence-electron chi connectivity index (χ0n) is 4.87. The van der Waals surface area contributed by atoms with Crippen molar-refractivity contribution in [1.82, 2.24) is 0 Å². The van der Waals surface area contributed by atoms with Crippen molar-refractivity contribution in [2.45, 2.75) is 13.8 Å². The summed E-state index contributed by atoms with van der Waals surface area (Å²) in [5, 5.41) is 0. The lowest BCUT2D eigenvalue weighted by atomic mass is 10.3. The van der Waals surface area contributed by atoms with Gasteiger partial charge < -0.3 is 0 Å². The van der Waals surface area contributed by atoms with Crippen molar-refractivity contribution in [2.24, 2.45) is 10.3 Å². The molecule has 1 unspecified atom stereocenters. The number of rotatable bonds is 2. The summed E-state index contributed by atoms with van der Waals surface area (Å²) in [6.07, 6.45) is 1.44. The molecule has 4 heteroatoms. The largest absolute Gasteiger partial charge is 0.288 e. The highest BCUT2D eigenvalue weighted by Crippen LogP contribution is 1.85. The molecule has 0 bridgehead atoms. The Morgan fingerprint density at radius 3 is 2.38 bits per heavy atom. The van der Waals surface area contributed by atoms with E-state index in [1.807, 2.05) is 13.8 Å². The van der Waals surface area contributed by atoms with Crippen LogP contribution in [0.3, 0.4) is 0 Å². The first-order valence-corrected chi connectivity index (χ1v) is 3.34. The topological polar surface area (TPSA) is 49.7 Å². The summed E-state index contributed by atoms with van der Waals surface area (Å²) in [4.78, 5) is 0. The van der Waals surface area contributed by atoms with E-state index in [-0.39, 0.29) is 5.92 Å². The van der Waals surface area contributed by atoms with Gasteiger partial charge >= 0.3 is 0 Å². The van der Waals surface area contributed by atoms with Gasteiger partial charge in [-0.25, -0.2) is 4.21 Å². The summed E-state index contributed by atoms with van der Waals surface area (Å²) in [6.45, 7) is 3.77. The molecular formula is C4H9NO2S. The molecule has 0 aromatic carbocycles. The van der Waals surface area contributed by atoms with Crippen molar-refractivity contribution in [2.75, 3.05) is 0 Å². The van der Waals surface area contributed by atoms with E-state index in [2.05, 4.69) is 4.40 Å². The van der Waals surface area contributed by atoms with Gasteiger partial charge in [0.2, 0.25) is 0 Å². The second kappa shape index (κ2) is 3.74. The van der Waals surface area contributed by atoms with Crippen molar-refractivity contribution < 1.29 is 8.76 Å². The highest BCUT2D eigenvalue weighted by atomic mass is 32.2. The zero-order valence-corrected chi connectivity index (χ0v) is 5.68. The molecule has 0 radical (unpaired) electrons. The van der Waals surface area contributed by atoms with Gasteiger partial charge in [0.15, 0.2) is 0 Å². The van der Waals surface area contributed by atoms with Gasteiger partial charge in [-0.15, -0.1) is 0 Å². The summed E-state index contributed by atoms with van der Waals surface area (Å²) < 4.78 is 21.1. The summed E-state index contributed by atoms with van der Waals surface area (Å²) in [7, 11) is 0. The normalized spacial score (nSPS) is 15.5. The molecule has 48 valence electrons. The first-order chi connectivity index (χ1) is 3.63. The predicted octanol–water partition coefficient (Wildman–Crippen LogP) is 0.850. The zero-order chi connectivity index (χ0) is 6.57. The van der Waals surface area contributed by atoms with Gasteiger partial charge in [0.1, 0.15) is 0 Å². The van der Waals surface area contributed by atoms with Crippen LogP contribution in [-0.2, 0) is 11.3 Å². The van der Waals surface area contributed by atoms with E-state index in [4.69, 9.17) is 4.55 Å². The maximum absolute atomic E-state index is 9.82. The average Bonchev–Trinajstić information content (AvgIpc) is 1.61. The molecule has 1 atom stereocenters. The van der Waals surface area contributed by atoms with Crippen molar-refractivity contribution in [3.05, 3.63) is 0 Å². The van der Waals surface area contributed by atoms with Crippen LogP contribution in [0.5, 0.6) is 0 Å². The third-order valence-corrected chi connectivity index (χ3v) is 0.751. The smallest absolute Gasteiger partial charge is 0.281 e. The van der Waals surface area contributed by atoms with Crippen molar-refractivity contribution in [3.63, 3.8) is 0 Å². The predicted molar refractivity (Wildman–Crippen MR) is 34.1 cm³/mol. The fourth-order valence-electron chi connectivity index (χ4n) is 0.174. The molecular weight excluding hydrogens is 126 g/mol. The maximum Gasteiger partial charge on any atom is 0.281 e. The van der Waals surface area contributed by atoms with Crippen LogP contribution in [0.4, 0.5) is 0 Å². The van der Waals surface area contributed by atoms with Crippen molar-refractivity contribution in [3.8, 4) is 0 Å². The molecule has 8 heavy (non-hydrogen) atoms. The lowest BCUT2D eigenvalue weighted by molar-refractivity contribution is 0.566. The van der Waals surface area contributed by atoms with E-state index in [1.165, 1.54) is 6.21 Å². The SMILES string of the molecule is CC(C)C=NS(=O)O. The number of hydrogen-bond donors (Lipinski definition) is 1. The summed E-state index contributed by atoms with van der Waals surface area (Å²) in [5.74, 6) is 0.242. The molecule has 0 aliphatic rings. The molecule has 0 aromatic heterocycles. The van der Waals surface area contributed by atoms with Gasteiger partial charge in [0.05, 0.1) is 0 Å². The van der Waals surface area contributed by atoms with Crippen LogP contribution in [0.1, 0.15) is 13.8 Å². The molecule has 0 aliphatic heterocycles. The van der Waals surface area contributed by atoms with Gasteiger partial charge in [0.25, 0.3) is 11.3 Å². The quantitative estimate of drug-likeness (QED) is 0.450. The molecule has 0 aromatic rings. The van der Waals surface area contributed by atoms with E-state index in [0.717, 1.165) is 0 Å². The highest BCUT2D eigenvalue weighted by molar-refractivity contribution is 7.77. The second-order valence-electron chi connectivity index (χ2n) is 1.73. The van der Waals surface area contributed by atoms with Crippen LogP contribution in [0.2, 0.25) is 0 Å². The van der Waals surface area contributed by atoms with Gasteiger partial charge in [0, 0.05) is 6.21 Å². The van der Waals surface area contributed by atoms with Crippen molar-refractivity contribution >= 4 is 17.5 Å². The first kappa shape index (κ1) is 7.78. The Bertz CT molecular complexity index is 111. The Morgan fingerprint density at radius 1 is 1.75 bits per heavy atom. The summed E-state index contributed by atoms with van der Waals surface area (Å²) >= 11 is -2.02. The molecule has 0 saturated heterocycles. The minimum atomic E-state index is -2.02. The average molecular weight is 135 g/mol.